The molecule has 2 saturated carbocycles. The van der Waals surface area contributed by atoms with E-state index in [2.05, 4.69) is 23.5 Å². The minimum absolute atomic E-state index is 0.00790. The molecule has 39 heavy (non-hydrogen) atoms. The Bertz CT molecular complexity index is 1150. The van der Waals surface area contributed by atoms with Crippen molar-refractivity contribution < 1.29 is 19.1 Å². The van der Waals surface area contributed by atoms with Crippen molar-refractivity contribution >= 4 is 17.5 Å². The third-order valence-corrected chi connectivity index (χ3v) is 9.88. The number of hydrogen-bond donors (Lipinski definition) is 2. The van der Waals surface area contributed by atoms with Crippen molar-refractivity contribution in [2.24, 2.45) is 0 Å². The summed E-state index contributed by atoms with van der Waals surface area (Å²) in [4.78, 5) is 29.5. The SMILES string of the molecule is O=C(c1ccc(C2CC3(CCCCCCCCC3)c3occc3N2)cc1)N1CCN(C(=O)C2(O)CCC2)CC1. The van der Waals surface area contributed by atoms with Gasteiger partial charge >= 0.3 is 0 Å². The number of rotatable bonds is 3. The number of piperazine rings is 1. The summed E-state index contributed by atoms with van der Waals surface area (Å²) in [6.07, 6.45) is 16.4. The van der Waals surface area contributed by atoms with Crippen LogP contribution in [0.3, 0.4) is 0 Å². The van der Waals surface area contributed by atoms with E-state index in [1.165, 1.54) is 63.4 Å². The molecule has 1 saturated heterocycles. The van der Waals surface area contributed by atoms with Gasteiger partial charge in [-0.25, -0.2) is 0 Å². The van der Waals surface area contributed by atoms with Crippen LogP contribution in [-0.2, 0) is 10.2 Å². The van der Waals surface area contributed by atoms with Gasteiger partial charge < -0.3 is 24.6 Å². The molecule has 4 aliphatic rings. The molecule has 2 aliphatic heterocycles. The lowest BCUT2D eigenvalue weighted by Gasteiger charge is -2.42. The molecule has 2 N–H and O–H groups in total. The van der Waals surface area contributed by atoms with Gasteiger partial charge in [-0.2, -0.15) is 0 Å². The maximum absolute atomic E-state index is 13.3. The fraction of sp³-hybridized carbons (Fsp3) is 0.625. The maximum atomic E-state index is 13.3. The van der Waals surface area contributed by atoms with Crippen molar-refractivity contribution in [2.75, 3.05) is 31.5 Å². The van der Waals surface area contributed by atoms with Crippen LogP contribution >= 0.6 is 0 Å². The van der Waals surface area contributed by atoms with Gasteiger partial charge in [-0.3, -0.25) is 9.59 Å². The van der Waals surface area contributed by atoms with Gasteiger partial charge in [-0.15, -0.1) is 0 Å². The smallest absolute Gasteiger partial charge is 0.254 e. The second-order valence-corrected chi connectivity index (χ2v) is 12.4. The third kappa shape index (κ3) is 5.22. The Hall–Kier alpha value is -2.80. The number of benzene rings is 1. The number of aliphatic hydroxyl groups is 1. The monoisotopic (exact) mass is 533 g/mol. The zero-order valence-corrected chi connectivity index (χ0v) is 23.1. The molecule has 6 rings (SSSR count). The number of furan rings is 1. The molecular weight excluding hydrogens is 490 g/mol. The average Bonchev–Trinajstić information content (AvgIpc) is 3.44. The van der Waals surface area contributed by atoms with Gasteiger partial charge in [0.2, 0.25) is 0 Å². The summed E-state index contributed by atoms with van der Waals surface area (Å²) in [7, 11) is 0. The summed E-state index contributed by atoms with van der Waals surface area (Å²) in [6.45, 7) is 1.95. The van der Waals surface area contributed by atoms with E-state index >= 15 is 0 Å². The van der Waals surface area contributed by atoms with Crippen molar-refractivity contribution in [1.82, 2.24) is 9.80 Å². The van der Waals surface area contributed by atoms with E-state index in [0.29, 0.717) is 44.6 Å². The molecule has 2 amide bonds. The molecule has 7 nitrogen and oxygen atoms in total. The molecule has 0 radical (unpaired) electrons. The number of amides is 2. The Morgan fingerprint density at radius 3 is 2.03 bits per heavy atom. The molecule has 210 valence electrons. The largest absolute Gasteiger partial charge is 0.467 e. The molecule has 2 aliphatic carbocycles. The second-order valence-electron chi connectivity index (χ2n) is 12.4. The highest BCUT2D eigenvalue weighted by Gasteiger charge is 2.45. The van der Waals surface area contributed by atoms with Gasteiger partial charge in [0.25, 0.3) is 11.8 Å². The van der Waals surface area contributed by atoms with E-state index in [9.17, 15) is 14.7 Å². The van der Waals surface area contributed by atoms with Crippen LogP contribution in [0, 0.1) is 0 Å². The van der Waals surface area contributed by atoms with Crippen LogP contribution in [0.2, 0.25) is 0 Å². The van der Waals surface area contributed by atoms with Crippen molar-refractivity contribution in [3.05, 3.63) is 53.5 Å². The first kappa shape index (κ1) is 26.4. The normalized spacial score (nSPS) is 24.8. The summed E-state index contributed by atoms with van der Waals surface area (Å²) in [5.74, 6) is 0.987. The Kier molecular flexibility index (Phi) is 7.45. The number of hydrogen-bond acceptors (Lipinski definition) is 5. The van der Waals surface area contributed by atoms with Crippen molar-refractivity contribution in [3.63, 3.8) is 0 Å². The molecule has 1 aromatic heterocycles. The van der Waals surface area contributed by atoms with Crippen LogP contribution in [0.5, 0.6) is 0 Å². The van der Waals surface area contributed by atoms with E-state index in [-0.39, 0.29) is 23.3 Å². The minimum atomic E-state index is -1.17. The van der Waals surface area contributed by atoms with Gasteiger partial charge in [0.1, 0.15) is 11.4 Å². The van der Waals surface area contributed by atoms with Gasteiger partial charge in [0.05, 0.1) is 18.0 Å². The molecule has 2 aromatic rings. The molecule has 3 fully saturated rings. The van der Waals surface area contributed by atoms with Crippen LogP contribution in [0.25, 0.3) is 0 Å². The third-order valence-electron chi connectivity index (χ3n) is 9.88. The van der Waals surface area contributed by atoms with E-state index in [0.717, 1.165) is 24.3 Å². The first-order valence-corrected chi connectivity index (χ1v) is 15.2. The summed E-state index contributed by atoms with van der Waals surface area (Å²) < 4.78 is 6.12. The average molecular weight is 534 g/mol. The number of carbonyl (C=O) groups is 2. The number of carbonyl (C=O) groups excluding carboxylic acids is 2. The van der Waals surface area contributed by atoms with E-state index in [1.807, 2.05) is 23.3 Å². The lowest BCUT2D eigenvalue weighted by Crippen LogP contribution is -2.58. The highest BCUT2D eigenvalue weighted by Crippen LogP contribution is 2.51. The Morgan fingerprint density at radius 1 is 0.795 bits per heavy atom. The van der Waals surface area contributed by atoms with Crippen LogP contribution in [0.15, 0.2) is 41.0 Å². The number of nitrogens with one attached hydrogen (secondary N) is 1. The van der Waals surface area contributed by atoms with Crippen molar-refractivity contribution in [3.8, 4) is 0 Å². The van der Waals surface area contributed by atoms with Gasteiger partial charge in [0, 0.05) is 37.2 Å². The van der Waals surface area contributed by atoms with Crippen LogP contribution in [0.4, 0.5) is 5.69 Å². The maximum Gasteiger partial charge on any atom is 0.254 e. The number of anilines is 1. The van der Waals surface area contributed by atoms with Gasteiger partial charge in [0.15, 0.2) is 0 Å². The first-order valence-electron chi connectivity index (χ1n) is 15.2. The Morgan fingerprint density at radius 2 is 1.41 bits per heavy atom. The second kappa shape index (κ2) is 11.0. The van der Waals surface area contributed by atoms with Gasteiger partial charge in [-0.1, -0.05) is 57.1 Å². The van der Waals surface area contributed by atoms with Crippen LogP contribution in [-0.4, -0.2) is 58.5 Å². The standard InChI is InChI=1S/C32H43N3O4/c36-29(34-18-20-35(21-19-34)30(37)32(38)16-8-17-32)25-11-9-24(10-12-25)27-23-31(28-26(33-27)13-22-39-28)14-6-4-2-1-3-5-7-15-31/h9-13,22,27,33,38H,1-8,14-21,23H2. The molecule has 1 aromatic carbocycles. The molecule has 3 heterocycles. The first-order chi connectivity index (χ1) is 19.0. The van der Waals surface area contributed by atoms with Crippen molar-refractivity contribution in [1.29, 1.82) is 0 Å². The van der Waals surface area contributed by atoms with E-state index in [4.69, 9.17) is 4.42 Å². The fourth-order valence-electron chi connectivity index (χ4n) is 7.30. The lowest BCUT2D eigenvalue weighted by atomic mass is 9.68. The zero-order chi connectivity index (χ0) is 26.9. The summed E-state index contributed by atoms with van der Waals surface area (Å²) in [5.41, 5.74) is 1.93. The van der Waals surface area contributed by atoms with E-state index in [1.54, 1.807) is 4.90 Å². The minimum Gasteiger partial charge on any atom is -0.467 e. The predicted octanol–water partition coefficient (Wildman–Crippen LogP) is 5.80. The van der Waals surface area contributed by atoms with E-state index < -0.39 is 5.60 Å². The number of fused-ring (bicyclic) bond motifs is 2. The quantitative estimate of drug-likeness (QED) is 0.521. The highest BCUT2D eigenvalue weighted by atomic mass is 16.3. The lowest BCUT2D eigenvalue weighted by molar-refractivity contribution is -0.161. The fourth-order valence-corrected chi connectivity index (χ4v) is 7.30. The highest BCUT2D eigenvalue weighted by molar-refractivity contribution is 5.94. The molecule has 1 spiro atoms. The molecule has 0 bridgehead atoms. The summed E-state index contributed by atoms with van der Waals surface area (Å²) in [5, 5.41) is 14.1. The van der Waals surface area contributed by atoms with Crippen LogP contribution in [0.1, 0.15) is 111 Å². The predicted molar refractivity (Wildman–Crippen MR) is 151 cm³/mol. The molecular formula is C32H43N3O4. The molecule has 1 unspecified atom stereocenters. The zero-order valence-electron chi connectivity index (χ0n) is 23.1. The summed E-state index contributed by atoms with van der Waals surface area (Å²) >= 11 is 0. The Balaban J connectivity index is 1.12. The van der Waals surface area contributed by atoms with Gasteiger partial charge in [-0.05, 0) is 62.3 Å². The van der Waals surface area contributed by atoms with Crippen LogP contribution < -0.4 is 5.32 Å². The summed E-state index contributed by atoms with van der Waals surface area (Å²) in [6, 6.07) is 10.4. The Labute approximate surface area is 231 Å². The van der Waals surface area contributed by atoms with Crippen molar-refractivity contribution in [2.45, 2.75) is 101 Å². The molecule has 1 atom stereocenters. The number of nitrogens with zero attached hydrogens (tertiary/aromatic N) is 2. The molecule has 7 heteroatoms. The topological polar surface area (TPSA) is 86.0 Å².